The molecule has 5 heterocycles. The van der Waals surface area contributed by atoms with Crippen molar-refractivity contribution >= 4 is 101 Å². The Morgan fingerprint density at radius 2 is 0.775 bits per heavy atom. The van der Waals surface area contributed by atoms with E-state index in [9.17, 15) is 57.3 Å². The van der Waals surface area contributed by atoms with E-state index in [1.807, 2.05) is 6.07 Å². The number of halogens is 3. The number of esters is 2. The SMILES string of the molecule is COC(=O)c1cc(C(=O)Nc2nccs2)c2cc(Cc3ccc(F)cc3)cnc2c1OC.COC(=O)c1cc(C(=O)O)c2cc(Cc3ccc(F)cc3)cnc2c1OC.O=C(O)c1cc(C(=O)Nc2nccs2)c2cc(Cc3ccc(F)cc3)cnc2c1O. The van der Waals surface area contributed by atoms with Crippen LogP contribution in [0.4, 0.5) is 23.4 Å². The first-order valence-electron chi connectivity index (χ1n) is 26.3. The highest BCUT2D eigenvalue weighted by atomic mass is 32.1. The first kappa shape index (κ1) is 62.4. The number of carbonyl (C=O) groups is 6. The van der Waals surface area contributed by atoms with Gasteiger partial charge in [-0.1, -0.05) is 36.4 Å². The summed E-state index contributed by atoms with van der Waals surface area (Å²) in [5.74, 6) is -6.10. The van der Waals surface area contributed by atoms with E-state index >= 15 is 0 Å². The van der Waals surface area contributed by atoms with Gasteiger partial charge in [-0.25, -0.2) is 42.3 Å². The number of methoxy groups -OCH3 is 4. The van der Waals surface area contributed by atoms with E-state index in [-0.39, 0.29) is 67.8 Å². The monoisotopic (exact) mass is 1240 g/mol. The Balaban J connectivity index is 0.000000159. The third-order valence-electron chi connectivity index (χ3n) is 13.4. The van der Waals surface area contributed by atoms with Crippen molar-refractivity contribution < 1.29 is 76.2 Å². The van der Waals surface area contributed by atoms with E-state index in [1.54, 1.807) is 77.9 Å². The minimum absolute atomic E-state index is 0.00189. The number of nitrogens with one attached hydrogen (secondary N) is 2. The molecule has 0 bridgehead atoms. The van der Waals surface area contributed by atoms with Crippen LogP contribution in [0, 0.1) is 17.5 Å². The third kappa shape index (κ3) is 14.6. The number of amides is 2. The maximum atomic E-state index is 13.2. The Kier molecular flexibility index (Phi) is 19.5. The van der Waals surface area contributed by atoms with Gasteiger partial charge < -0.3 is 34.3 Å². The Hall–Kier alpha value is -11.2. The van der Waals surface area contributed by atoms with Crippen LogP contribution in [-0.4, -0.2) is 104 Å². The molecule has 0 aliphatic heterocycles. The number of rotatable bonds is 16. The molecule has 0 radical (unpaired) electrons. The van der Waals surface area contributed by atoms with E-state index in [2.05, 4.69) is 35.6 Å². The fraction of sp³-hybridized carbons (Fsp3) is 0.109. The summed E-state index contributed by atoms with van der Waals surface area (Å²) in [6.07, 6.45) is 9.15. The summed E-state index contributed by atoms with van der Waals surface area (Å²) >= 11 is 2.49. The van der Waals surface area contributed by atoms with Gasteiger partial charge in [0.05, 0.1) is 45.1 Å². The first-order valence-corrected chi connectivity index (χ1v) is 28.0. The second kappa shape index (κ2) is 27.9. The minimum Gasteiger partial charge on any atom is -0.505 e. The zero-order chi connectivity index (χ0) is 63.5. The van der Waals surface area contributed by atoms with Gasteiger partial charge in [0, 0.05) is 57.9 Å². The quantitative estimate of drug-likeness (QED) is 0.0562. The number of carboxylic acid groups (broad SMARTS) is 2. The van der Waals surface area contributed by atoms with Crippen molar-refractivity contribution in [2.75, 3.05) is 39.1 Å². The number of aromatic nitrogens is 5. The summed E-state index contributed by atoms with van der Waals surface area (Å²) in [7, 11) is 5.24. The smallest absolute Gasteiger partial charge is 0.341 e. The largest absolute Gasteiger partial charge is 0.505 e. The van der Waals surface area contributed by atoms with Crippen molar-refractivity contribution in [2.24, 2.45) is 0 Å². The van der Waals surface area contributed by atoms with Crippen LogP contribution in [0.5, 0.6) is 17.2 Å². The van der Waals surface area contributed by atoms with Crippen molar-refractivity contribution in [3.8, 4) is 17.2 Å². The Morgan fingerprint density at radius 3 is 1.11 bits per heavy atom. The van der Waals surface area contributed by atoms with Gasteiger partial charge in [-0.05, 0) is 125 Å². The van der Waals surface area contributed by atoms with Crippen LogP contribution in [0.2, 0.25) is 0 Å². The number of ether oxygens (including phenoxy) is 4. The summed E-state index contributed by atoms with van der Waals surface area (Å²) in [5.41, 5.74) is 5.27. The van der Waals surface area contributed by atoms with Crippen LogP contribution in [0.25, 0.3) is 32.7 Å². The number of aromatic carboxylic acids is 2. The molecular weight excluding hydrogens is 1200 g/mol. The van der Waals surface area contributed by atoms with Gasteiger partial charge in [-0.15, -0.1) is 22.7 Å². The number of hydrogen-bond donors (Lipinski definition) is 5. The molecular formula is C64H48F3N7O13S2. The zero-order valence-electron chi connectivity index (χ0n) is 47.2. The van der Waals surface area contributed by atoms with Gasteiger partial charge in [0.1, 0.15) is 50.7 Å². The molecule has 2 amide bonds. The molecule has 450 valence electrons. The highest BCUT2D eigenvalue weighted by molar-refractivity contribution is 7.14. The zero-order valence-corrected chi connectivity index (χ0v) is 48.8. The number of hydrogen-bond acceptors (Lipinski definition) is 18. The topological polar surface area (TPSA) is 289 Å². The Labute approximate surface area is 510 Å². The van der Waals surface area contributed by atoms with Gasteiger partial charge in [0.25, 0.3) is 11.8 Å². The fourth-order valence-electron chi connectivity index (χ4n) is 9.29. The normalized spacial score (nSPS) is 10.7. The number of carbonyl (C=O) groups excluding carboxylic acids is 4. The Morgan fingerprint density at radius 1 is 0.438 bits per heavy atom. The molecule has 0 saturated heterocycles. The van der Waals surface area contributed by atoms with E-state index in [0.717, 1.165) is 33.9 Å². The summed E-state index contributed by atoms with van der Waals surface area (Å²) in [5, 5.41) is 40.0. The van der Waals surface area contributed by atoms with Crippen LogP contribution < -0.4 is 20.1 Å². The molecule has 0 unspecified atom stereocenters. The molecule has 0 aliphatic rings. The lowest BCUT2D eigenvalue weighted by Crippen LogP contribution is -2.15. The van der Waals surface area contributed by atoms with Crippen LogP contribution >= 0.6 is 22.7 Å². The van der Waals surface area contributed by atoms with Crippen LogP contribution in [0.15, 0.2) is 151 Å². The maximum Gasteiger partial charge on any atom is 0.341 e. The highest BCUT2D eigenvalue weighted by Crippen LogP contribution is 2.36. The lowest BCUT2D eigenvalue weighted by atomic mass is 9.98. The van der Waals surface area contributed by atoms with E-state index < -0.39 is 47.0 Å². The number of thiazole rings is 2. The van der Waals surface area contributed by atoms with Crippen molar-refractivity contribution in [2.45, 2.75) is 19.3 Å². The number of phenols is 1. The van der Waals surface area contributed by atoms with E-state index in [0.29, 0.717) is 56.8 Å². The highest BCUT2D eigenvalue weighted by Gasteiger charge is 2.26. The number of benzene rings is 6. The molecule has 5 aromatic heterocycles. The molecule has 0 spiro atoms. The molecule has 25 heteroatoms. The van der Waals surface area contributed by atoms with Gasteiger partial charge in [0.15, 0.2) is 27.5 Å². The average molecular weight is 1240 g/mol. The van der Waals surface area contributed by atoms with E-state index in [1.165, 1.54) is 112 Å². The fourth-order valence-corrected chi connectivity index (χ4v) is 10.3. The number of nitrogens with zero attached hydrogens (tertiary/aromatic N) is 5. The van der Waals surface area contributed by atoms with Gasteiger partial charge in [0.2, 0.25) is 0 Å². The standard InChI is InChI=1S/C23H18FN3O4S.C21H14FN3O4S.C20H16FNO5/c1-30-20-18(22(29)31-2)11-17(21(28)27-23-25-7-8-32-23)16-10-14(12-26-19(16)20)9-13-3-5-15(24)6-4-13;22-13-3-1-11(2-4-13)7-12-8-14-15(19(27)25-21-23-5-6-30-21)9-16(20(28)29)18(26)17(14)24-10-12;1-26-18-16(20(25)27-2)9-15(19(23)24)14-8-12(10-22-17(14)18)7-11-3-5-13(21)6-4-11/h3-8,10-12H,9H2,1-2H3,(H,25,27,28);1-6,8-10,26H,7H2,(H,28,29)(H,23,25,27);3-6,8-10H,7H2,1-2H3,(H,23,24). The van der Waals surface area contributed by atoms with Crippen molar-refractivity contribution in [1.29, 1.82) is 0 Å². The molecule has 0 saturated carbocycles. The minimum atomic E-state index is -1.38. The summed E-state index contributed by atoms with van der Waals surface area (Å²) < 4.78 is 59.7. The second-order valence-corrected chi connectivity index (χ2v) is 20.9. The molecule has 11 aromatic rings. The first-order chi connectivity index (χ1) is 42.9. The lowest BCUT2D eigenvalue weighted by Gasteiger charge is -2.14. The van der Waals surface area contributed by atoms with Crippen LogP contribution in [0.1, 0.15) is 95.5 Å². The predicted molar refractivity (Wildman–Crippen MR) is 324 cm³/mol. The summed E-state index contributed by atoms with van der Waals surface area (Å²) in [6, 6.07) is 27.1. The molecule has 0 fully saturated rings. The summed E-state index contributed by atoms with van der Waals surface area (Å²) in [4.78, 5) is 94.6. The third-order valence-corrected chi connectivity index (χ3v) is 14.8. The number of carboxylic acids is 2. The molecule has 20 nitrogen and oxygen atoms in total. The Bertz CT molecular complexity index is 4480. The molecule has 0 atom stereocenters. The number of aromatic hydroxyl groups is 1. The predicted octanol–water partition coefficient (Wildman–Crippen LogP) is 12.0. The number of pyridine rings is 3. The molecule has 0 aliphatic carbocycles. The van der Waals surface area contributed by atoms with Crippen LogP contribution in [0.3, 0.4) is 0 Å². The van der Waals surface area contributed by atoms with Crippen LogP contribution in [-0.2, 0) is 28.7 Å². The van der Waals surface area contributed by atoms with E-state index in [4.69, 9.17) is 18.9 Å². The van der Waals surface area contributed by atoms with Crippen molar-refractivity contribution in [1.82, 2.24) is 24.9 Å². The van der Waals surface area contributed by atoms with Crippen molar-refractivity contribution in [3.05, 3.63) is 235 Å². The lowest BCUT2D eigenvalue weighted by molar-refractivity contribution is 0.0587. The molecule has 6 aromatic carbocycles. The molecule has 5 N–H and O–H groups in total. The average Bonchev–Trinajstić information content (AvgIpc) is 3.10. The van der Waals surface area contributed by atoms with Crippen molar-refractivity contribution in [3.63, 3.8) is 0 Å². The second-order valence-electron chi connectivity index (χ2n) is 19.1. The number of fused-ring (bicyclic) bond motifs is 3. The van der Waals surface area contributed by atoms with Gasteiger partial charge >= 0.3 is 23.9 Å². The number of anilines is 2. The van der Waals surface area contributed by atoms with Gasteiger partial charge in [-0.2, -0.15) is 0 Å². The van der Waals surface area contributed by atoms with Gasteiger partial charge in [-0.3, -0.25) is 35.2 Å². The molecule has 11 rings (SSSR count). The maximum absolute atomic E-state index is 13.2. The summed E-state index contributed by atoms with van der Waals surface area (Å²) in [6.45, 7) is 0. The molecule has 89 heavy (non-hydrogen) atoms.